The first-order valence-electron chi connectivity index (χ1n) is 10.6. The summed E-state index contributed by atoms with van der Waals surface area (Å²) in [5.74, 6) is 1.80. The third-order valence-corrected chi connectivity index (χ3v) is 4.25. The molecule has 1 aromatic carbocycles. The zero-order valence-corrected chi connectivity index (χ0v) is 21.3. The smallest absolute Gasteiger partial charge is 0.257 e. The Morgan fingerprint density at radius 3 is 2.47 bits per heavy atom. The molecule has 0 bridgehead atoms. The molecule has 0 spiro atoms. The van der Waals surface area contributed by atoms with Crippen LogP contribution < -0.4 is 20.7 Å². The molecule has 30 heavy (non-hydrogen) atoms. The second-order valence-electron chi connectivity index (χ2n) is 7.04. The van der Waals surface area contributed by atoms with Crippen LogP contribution in [0.25, 0.3) is 0 Å². The standard InChI is InChI=1S/C22H38N4O3.HI/c1-6-23-21(27)16-29-19-11-9-10-18(14-19)15-26-22(24-7-2)25-13-12-20(17(4)5)28-8-3;/h9-11,14,17,20H,6-8,12-13,15-16H2,1-5H3,(H,23,27)(H2,24,25,26);1H. The number of amides is 1. The van der Waals surface area contributed by atoms with Gasteiger partial charge in [0.2, 0.25) is 0 Å². The maximum atomic E-state index is 11.5. The summed E-state index contributed by atoms with van der Waals surface area (Å²) in [5.41, 5.74) is 1.02. The van der Waals surface area contributed by atoms with Gasteiger partial charge < -0.3 is 25.4 Å². The van der Waals surface area contributed by atoms with Crippen LogP contribution in [0.2, 0.25) is 0 Å². The minimum absolute atomic E-state index is 0. The van der Waals surface area contributed by atoms with Gasteiger partial charge in [-0.15, -0.1) is 24.0 Å². The van der Waals surface area contributed by atoms with E-state index in [4.69, 9.17) is 9.47 Å². The van der Waals surface area contributed by atoms with Gasteiger partial charge in [0.05, 0.1) is 12.6 Å². The first kappa shape index (κ1) is 28.5. The van der Waals surface area contributed by atoms with Crippen LogP contribution in [-0.4, -0.2) is 50.8 Å². The molecule has 0 aromatic heterocycles. The summed E-state index contributed by atoms with van der Waals surface area (Å²) in [5, 5.41) is 9.36. The number of guanidine groups is 1. The van der Waals surface area contributed by atoms with E-state index in [0.717, 1.165) is 37.6 Å². The lowest BCUT2D eigenvalue weighted by Crippen LogP contribution is -2.39. The number of carbonyl (C=O) groups is 1. The largest absolute Gasteiger partial charge is 0.484 e. The number of likely N-dealkylation sites (N-methyl/N-ethyl adjacent to an activating group) is 1. The van der Waals surface area contributed by atoms with Gasteiger partial charge in [-0.05, 0) is 50.8 Å². The van der Waals surface area contributed by atoms with Gasteiger partial charge in [0.25, 0.3) is 5.91 Å². The van der Waals surface area contributed by atoms with Crippen LogP contribution in [0, 0.1) is 5.92 Å². The van der Waals surface area contributed by atoms with Crippen LogP contribution in [0.15, 0.2) is 29.3 Å². The molecule has 1 unspecified atom stereocenters. The first-order valence-corrected chi connectivity index (χ1v) is 10.6. The van der Waals surface area contributed by atoms with E-state index in [2.05, 4.69) is 34.8 Å². The third kappa shape index (κ3) is 12.2. The number of aliphatic imine (C=N–C) groups is 1. The highest BCUT2D eigenvalue weighted by Gasteiger charge is 2.13. The molecule has 0 aliphatic rings. The molecular weight excluding hydrogens is 495 g/mol. The molecule has 1 rings (SSSR count). The second-order valence-corrected chi connectivity index (χ2v) is 7.04. The predicted molar refractivity (Wildman–Crippen MR) is 134 cm³/mol. The lowest BCUT2D eigenvalue weighted by atomic mass is 10.0. The molecule has 0 saturated carbocycles. The predicted octanol–water partition coefficient (Wildman–Crippen LogP) is 3.33. The Hall–Kier alpha value is -1.55. The van der Waals surface area contributed by atoms with Crippen molar-refractivity contribution in [2.24, 2.45) is 10.9 Å². The Balaban J connectivity index is 0.00000841. The summed E-state index contributed by atoms with van der Waals surface area (Å²) in [4.78, 5) is 16.2. The number of hydrogen-bond donors (Lipinski definition) is 3. The van der Waals surface area contributed by atoms with Crippen molar-refractivity contribution in [2.75, 3.05) is 32.8 Å². The third-order valence-electron chi connectivity index (χ3n) is 4.25. The van der Waals surface area contributed by atoms with Crippen LogP contribution in [0.4, 0.5) is 0 Å². The number of carbonyl (C=O) groups excluding carboxylic acids is 1. The Morgan fingerprint density at radius 2 is 1.83 bits per heavy atom. The molecule has 0 heterocycles. The number of halogens is 1. The zero-order chi connectivity index (χ0) is 21.5. The number of benzene rings is 1. The molecule has 1 amide bonds. The molecule has 1 aromatic rings. The summed E-state index contributed by atoms with van der Waals surface area (Å²) in [6.07, 6.45) is 1.17. The van der Waals surface area contributed by atoms with Crippen molar-refractivity contribution in [3.05, 3.63) is 29.8 Å². The van der Waals surface area contributed by atoms with E-state index < -0.39 is 0 Å². The Bertz CT molecular complexity index is 626. The minimum atomic E-state index is -0.124. The lowest BCUT2D eigenvalue weighted by molar-refractivity contribution is -0.122. The molecule has 0 radical (unpaired) electrons. The first-order chi connectivity index (χ1) is 14.0. The molecule has 0 saturated heterocycles. The van der Waals surface area contributed by atoms with E-state index >= 15 is 0 Å². The van der Waals surface area contributed by atoms with Gasteiger partial charge in [-0.1, -0.05) is 26.0 Å². The normalized spacial score (nSPS) is 12.1. The van der Waals surface area contributed by atoms with E-state index in [1.807, 2.05) is 45.0 Å². The number of hydrogen-bond acceptors (Lipinski definition) is 4. The molecule has 0 aliphatic carbocycles. The monoisotopic (exact) mass is 534 g/mol. The van der Waals surface area contributed by atoms with E-state index in [1.54, 1.807) is 0 Å². The highest BCUT2D eigenvalue weighted by Crippen LogP contribution is 2.14. The number of nitrogens with one attached hydrogen (secondary N) is 3. The minimum Gasteiger partial charge on any atom is -0.484 e. The summed E-state index contributed by atoms with van der Waals surface area (Å²) in [6, 6.07) is 7.66. The van der Waals surface area contributed by atoms with Crippen molar-refractivity contribution in [2.45, 2.75) is 53.7 Å². The van der Waals surface area contributed by atoms with Crippen molar-refractivity contribution >= 4 is 35.8 Å². The number of ether oxygens (including phenoxy) is 2. The molecule has 7 nitrogen and oxygen atoms in total. The van der Waals surface area contributed by atoms with Crippen LogP contribution >= 0.6 is 24.0 Å². The Labute approximate surface area is 198 Å². The fraction of sp³-hybridized carbons (Fsp3) is 0.636. The highest BCUT2D eigenvalue weighted by molar-refractivity contribution is 14.0. The van der Waals surface area contributed by atoms with Gasteiger partial charge in [-0.3, -0.25) is 4.79 Å². The van der Waals surface area contributed by atoms with Gasteiger partial charge in [-0.25, -0.2) is 4.99 Å². The zero-order valence-electron chi connectivity index (χ0n) is 19.0. The van der Waals surface area contributed by atoms with E-state index in [1.165, 1.54) is 0 Å². The molecule has 1 atom stereocenters. The summed E-state index contributed by atoms with van der Waals surface area (Å²) in [7, 11) is 0. The van der Waals surface area contributed by atoms with Gasteiger partial charge in [0.1, 0.15) is 5.75 Å². The van der Waals surface area contributed by atoms with Crippen LogP contribution in [0.5, 0.6) is 5.75 Å². The van der Waals surface area contributed by atoms with Crippen LogP contribution in [0.1, 0.15) is 46.6 Å². The average Bonchev–Trinajstić information content (AvgIpc) is 2.70. The quantitative estimate of drug-likeness (QED) is 0.206. The van der Waals surface area contributed by atoms with Crippen molar-refractivity contribution < 1.29 is 14.3 Å². The van der Waals surface area contributed by atoms with Crippen molar-refractivity contribution in [3.63, 3.8) is 0 Å². The van der Waals surface area contributed by atoms with Gasteiger partial charge in [0, 0.05) is 26.2 Å². The van der Waals surface area contributed by atoms with Gasteiger partial charge in [-0.2, -0.15) is 0 Å². The Kier molecular flexibility index (Phi) is 16.3. The average molecular weight is 534 g/mol. The van der Waals surface area contributed by atoms with Crippen molar-refractivity contribution in [1.82, 2.24) is 16.0 Å². The molecular formula is C22H39IN4O3. The van der Waals surface area contributed by atoms with Gasteiger partial charge >= 0.3 is 0 Å². The summed E-state index contributed by atoms with van der Waals surface area (Å²) < 4.78 is 11.3. The lowest BCUT2D eigenvalue weighted by Gasteiger charge is -2.21. The molecule has 3 N–H and O–H groups in total. The second kappa shape index (κ2) is 17.2. The van der Waals surface area contributed by atoms with Crippen molar-refractivity contribution in [3.8, 4) is 5.75 Å². The SMILES string of the molecule is CCNC(=O)COc1cccc(CN=C(NCC)NCCC(OCC)C(C)C)c1.I. The molecule has 0 aliphatic heterocycles. The summed E-state index contributed by atoms with van der Waals surface area (Å²) in [6.45, 7) is 13.8. The van der Waals surface area contributed by atoms with Gasteiger partial charge in [0.15, 0.2) is 12.6 Å². The number of rotatable bonds is 13. The highest BCUT2D eigenvalue weighted by atomic mass is 127. The van der Waals surface area contributed by atoms with E-state index in [-0.39, 0.29) is 42.6 Å². The maximum absolute atomic E-state index is 11.5. The maximum Gasteiger partial charge on any atom is 0.257 e. The molecule has 8 heteroatoms. The van der Waals surface area contributed by atoms with Crippen LogP contribution in [0.3, 0.4) is 0 Å². The topological polar surface area (TPSA) is 84.0 Å². The molecule has 172 valence electrons. The van der Waals surface area contributed by atoms with Crippen LogP contribution in [-0.2, 0) is 16.1 Å². The fourth-order valence-corrected chi connectivity index (χ4v) is 2.80. The summed E-state index contributed by atoms with van der Waals surface area (Å²) >= 11 is 0. The Morgan fingerprint density at radius 1 is 1.10 bits per heavy atom. The molecule has 0 fully saturated rings. The number of nitrogens with zero attached hydrogens (tertiary/aromatic N) is 1. The van der Waals surface area contributed by atoms with Crippen molar-refractivity contribution in [1.29, 1.82) is 0 Å². The fourth-order valence-electron chi connectivity index (χ4n) is 2.80. The van der Waals surface area contributed by atoms with E-state index in [9.17, 15) is 4.79 Å². The van der Waals surface area contributed by atoms with E-state index in [0.29, 0.717) is 24.8 Å².